The molecule has 0 bridgehead atoms. The molecule has 0 spiro atoms. The highest BCUT2D eigenvalue weighted by Gasteiger charge is 2.40. The Hall–Kier alpha value is -1.54. The Balaban J connectivity index is 2.45. The molecule has 0 aromatic carbocycles. The van der Waals surface area contributed by atoms with Gasteiger partial charge < -0.3 is 9.64 Å². The summed E-state index contributed by atoms with van der Waals surface area (Å²) in [5, 5.41) is 13.7. The molecule has 0 unspecified atom stereocenters. The van der Waals surface area contributed by atoms with Crippen LogP contribution in [-0.4, -0.2) is 34.1 Å². The molecule has 5 heteroatoms. The maximum atomic E-state index is 9.34. The van der Waals surface area contributed by atoms with Crippen LogP contribution in [0.15, 0.2) is 0 Å². The second-order valence-corrected chi connectivity index (χ2v) is 6.50. The molecule has 0 atom stereocenters. The minimum atomic E-state index is -0.243. The molecule has 0 aliphatic carbocycles. The summed E-state index contributed by atoms with van der Waals surface area (Å²) >= 11 is 0. The number of nitrogens with zero attached hydrogens (tertiary/aromatic N) is 4. The van der Waals surface area contributed by atoms with E-state index in [2.05, 4.69) is 43.8 Å². The SMILES string of the molecule is Cc1nn(C)c(N2CC(C)(C)OC(C)(C)C2)c1C#N. The van der Waals surface area contributed by atoms with Crippen molar-refractivity contribution in [2.75, 3.05) is 18.0 Å². The lowest BCUT2D eigenvalue weighted by Crippen LogP contribution is -2.57. The van der Waals surface area contributed by atoms with E-state index in [9.17, 15) is 5.26 Å². The molecule has 104 valence electrons. The zero-order valence-electron chi connectivity index (χ0n) is 12.6. The van der Waals surface area contributed by atoms with Crippen LogP contribution in [0.4, 0.5) is 5.82 Å². The van der Waals surface area contributed by atoms with Crippen molar-refractivity contribution in [1.82, 2.24) is 9.78 Å². The van der Waals surface area contributed by atoms with Crippen LogP contribution in [0.5, 0.6) is 0 Å². The summed E-state index contributed by atoms with van der Waals surface area (Å²) in [7, 11) is 1.89. The van der Waals surface area contributed by atoms with Gasteiger partial charge in [0.2, 0.25) is 0 Å². The molecule has 0 saturated carbocycles. The molecule has 19 heavy (non-hydrogen) atoms. The van der Waals surface area contributed by atoms with Gasteiger partial charge in [-0.1, -0.05) is 0 Å². The van der Waals surface area contributed by atoms with Gasteiger partial charge in [-0.3, -0.25) is 4.68 Å². The largest absolute Gasteiger partial charge is 0.366 e. The molecule has 1 aliphatic rings. The smallest absolute Gasteiger partial charge is 0.145 e. The van der Waals surface area contributed by atoms with Crippen molar-refractivity contribution in [3.05, 3.63) is 11.3 Å². The Labute approximate surface area is 114 Å². The summed E-state index contributed by atoms with van der Waals surface area (Å²) in [6.07, 6.45) is 0. The van der Waals surface area contributed by atoms with Crippen LogP contribution in [0, 0.1) is 18.3 Å². The average molecular weight is 262 g/mol. The van der Waals surface area contributed by atoms with Gasteiger partial charge in [0.05, 0.1) is 16.9 Å². The van der Waals surface area contributed by atoms with Crippen LogP contribution in [0.2, 0.25) is 0 Å². The van der Waals surface area contributed by atoms with Gasteiger partial charge >= 0.3 is 0 Å². The normalized spacial score (nSPS) is 21.2. The molecular weight excluding hydrogens is 240 g/mol. The van der Waals surface area contributed by atoms with Crippen molar-refractivity contribution in [3.8, 4) is 6.07 Å². The molecular formula is C14H22N4O. The number of aromatic nitrogens is 2. The van der Waals surface area contributed by atoms with Crippen molar-refractivity contribution in [3.63, 3.8) is 0 Å². The van der Waals surface area contributed by atoms with E-state index in [4.69, 9.17) is 4.74 Å². The molecule has 5 nitrogen and oxygen atoms in total. The summed E-state index contributed by atoms with van der Waals surface area (Å²) < 4.78 is 7.88. The third-order valence-corrected chi connectivity index (χ3v) is 3.30. The second-order valence-electron chi connectivity index (χ2n) is 6.50. The summed E-state index contributed by atoms with van der Waals surface area (Å²) in [5.74, 6) is 0.893. The standard InChI is InChI=1S/C14H22N4O/c1-10-11(7-15)12(17(6)16-10)18-8-13(2,3)19-14(4,5)9-18/h8-9H2,1-6H3. The second kappa shape index (κ2) is 4.24. The molecule has 0 N–H and O–H groups in total. The zero-order chi connectivity index (χ0) is 14.4. The lowest BCUT2D eigenvalue weighted by Gasteiger charge is -2.47. The summed E-state index contributed by atoms with van der Waals surface area (Å²) in [4.78, 5) is 2.21. The van der Waals surface area contributed by atoms with Crippen LogP contribution < -0.4 is 4.90 Å². The molecule has 2 rings (SSSR count). The Morgan fingerprint density at radius 1 is 1.21 bits per heavy atom. The first kappa shape index (κ1) is 13.9. The number of hydrogen-bond donors (Lipinski definition) is 0. The van der Waals surface area contributed by atoms with Crippen LogP contribution in [-0.2, 0) is 11.8 Å². The van der Waals surface area contributed by atoms with E-state index in [1.165, 1.54) is 0 Å². The molecule has 0 radical (unpaired) electrons. The van der Waals surface area contributed by atoms with E-state index < -0.39 is 0 Å². The molecule has 1 aromatic heterocycles. The molecule has 0 amide bonds. The number of aryl methyl sites for hydroxylation is 2. The van der Waals surface area contributed by atoms with E-state index in [0.29, 0.717) is 5.56 Å². The lowest BCUT2D eigenvalue weighted by atomic mass is 9.98. The van der Waals surface area contributed by atoms with E-state index >= 15 is 0 Å². The zero-order valence-corrected chi connectivity index (χ0v) is 12.6. The maximum absolute atomic E-state index is 9.34. The van der Waals surface area contributed by atoms with Gasteiger partial charge in [0.25, 0.3) is 0 Å². The van der Waals surface area contributed by atoms with Crippen molar-refractivity contribution in [2.24, 2.45) is 7.05 Å². The third-order valence-electron chi connectivity index (χ3n) is 3.30. The van der Waals surface area contributed by atoms with Gasteiger partial charge in [0, 0.05) is 20.1 Å². The fourth-order valence-corrected chi connectivity index (χ4v) is 3.08. The fraction of sp³-hybridized carbons (Fsp3) is 0.714. The summed E-state index contributed by atoms with van der Waals surface area (Å²) in [6.45, 7) is 11.7. The number of anilines is 1. The highest BCUT2D eigenvalue weighted by Crippen LogP contribution is 2.33. The van der Waals surface area contributed by atoms with E-state index in [-0.39, 0.29) is 11.2 Å². The highest BCUT2D eigenvalue weighted by atomic mass is 16.5. The van der Waals surface area contributed by atoms with Crippen molar-refractivity contribution in [1.29, 1.82) is 5.26 Å². The fourth-order valence-electron chi connectivity index (χ4n) is 3.08. The van der Waals surface area contributed by atoms with Gasteiger partial charge in [-0.2, -0.15) is 10.4 Å². The Kier molecular flexibility index (Phi) is 3.10. The summed E-state index contributed by atoms with van der Waals surface area (Å²) in [5.41, 5.74) is 0.956. The maximum Gasteiger partial charge on any atom is 0.145 e. The van der Waals surface area contributed by atoms with Crippen molar-refractivity contribution >= 4 is 5.82 Å². The molecule has 1 fully saturated rings. The van der Waals surface area contributed by atoms with Crippen LogP contribution in [0.3, 0.4) is 0 Å². The topological polar surface area (TPSA) is 54.1 Å². The van der Waals surface area contributed by atoms with Gasteiger partial charge in [-0.15, -0.1) is 0 Å². The first-order valence-corrected chi connectivity index (χ1v) is 6.54. The van der Waals surface area contributed by atoms with Gasteiger partial charge in [-0.05, 0) is 34.6 Å². The predicted molar refractivity (Wildman–Crippen MR) is 74.1 cm³/mol. The molecule has 1 aliphatic heterocycles. The van der Waals surface area contributed by atoms with Crippen LogP contribution in [0.1, 0.15) is 39.0 Å². The molecule has 1 aromatic rings. The van der Waals surface area contributed by atoms with Gasteiger partial charge in [0.15, 0.2) is 0 Å². The highest BCUT2D eigenvalue weighted by molar-refractivity contribution is 5.57. The lowest BCUT2D eigenvalue weighted by molar-refractivity contribution is -0.133. The Bertz CT molecular complexity index is 520. The predicted octanol–water partition coefficient (Wildman–Crippen LogP) is 1.99. The van der Waals surface area contributed by atoms with E-state index in [0.717, 1.165) is 24.6 Å². The van der Waals surface area contributed by atoms with Crippen molar-refractivity contribution in [2.45, 2.75) is 45.8 Å². The van der Waals surface area contributed by atoms with Gasteiger partial charge in [-0.25, -0.2) is 0 Å². The first-order chi connectivity index (χ1) is 8.65. The van der Waals surface area contributed by atoms with Crippen LogP contribution in [0.25, 0.3) is 0 Å². The number of ether oxygens (including phenoxy) is 1. The van der Waals surface area contributed by atoms with Crippen molar-refractivity contribution < 1.29 is 4.74 Å². The third kappa shape index (κ3) is 2.59. The summed E-state index contributed by atoms with van der Waals surface area (Å²) in [6, 6.07) is 2.27. The average Bonchev–Trinajstić information content (AvgIpc) is 2.47. The number of rotatable bonds is 1. The number of morpholine rings is 1. The molecule has 1 saturated heterocycles. The van der Waals surface area contributed by atoms with E-state index in [1.807, 2.05) is 14.0 Å². The molecule has 2 heterocycles. The van der Waals surface area contributed by atoms with E-state index in [1.54, 1.807) is 4.68 Å². The quantitative estimate of drug-likeness (QED) is 0.776. The monoisotopic (exact) mass is 262 g/mol. The van der Waals surface area contributed by atoms with Gasteiger partial charge in [0.1, 0.15) is 17.5 Å². The number of hydrogen-bond acceptors (Lipinski definition) is 4. The van der Waals surface area contributed by atoms with Crippen LogP contribution >= 0.6 is 0 Å². The minimum Gasteiger partial charge on any atom is -0.366 e. The Morgan fingerprint density at radius 2 is 1.74 bits per heavy atom. The Morgan fingerprint density at radius 3 is 2.21 bits per heavy atom. The minimum absolute atomic E-state index is 0.243. The first-order valence-electron chi connectivity index (χ1n) is 6.54. The number of nitriles is 1.